The highest BCUT2D eigenvalue weighted by atomic mass is 19.1. The van der Waals surface area contributed by atoms with Crippen molar-refractivity contribution >= 4 is 11.0 Å². The molecule has 19 heavy (non-hydrogen) atoms. The standard InChI is InChI=1S/C14H19FN2O2/c1-8(2)17-12-10(19-5)7-6-9(15)11(12)16-13(17)14(3,4)18/h6-8,18H,1-5H3. The maximum atomic E-state index is 13.9. The molecule has 1 heterocycles. The van der Waals surface area contributed by atoms with Gasteiger partial charge in [-0.2, -0.15) is 0 Å². The van der Waals surface area contributed by atoms with Crippen LogP contribution in [-0.2, 0) is 5.60 Å². The molecule has 0 aliphatic rings. The molecular weight excluding hydrogens is 247 g/mol. The summed E-state index contributed by atoms with van der Waals surface area (Å²) in [5.41, 5.74) is -0.347. The van der Waals surface area contributed by atoms with Crippen LogP contribution in [0, 0.1) is 5.82 Å². The van der Waals surface area contributed by atoms with Gasteiger partial charge in [0, 0.05) is 6.04 Å². The molecule has 0 unspecified atom stereocenters. The molecule has 1 N–H and O–H groups in total. The molecule has 2 aromatic rings. The molecule has 0 aliphatic heterocycles. The van der Waals surface area contributed by atoms with Crippen LogP contribution in [0.1, 0.15) is 39.6 Å². The van der Waals surface area contributed by atoms with E-state index in [1.165, 1.54) is 13.2 Å². The second-order valence-corrected chi connectivity index (χ2v) is 5.41. The number of hydrogen-bond acceptors (Lipinski definition) is 3. The quantitative estimate of drug-likeness (QED) is 0.929. The maximum absolute atomic E-state index is 13.9. The second-order valence-electron chi connectivity index (χ2n) is 5.41. The summed E-state index contributed by atoms with van der Waals surface area (Å²) in [6.07, 6.45) is 0. The molecule has 0 aliphatic carbocycles. The number of benzene rings is 1. The highest BCUT2D eigenvalue weighted by molar-refractivity contribution is 5.83. The molecule has 0 bridgehead atoms. The number of aromatic nitrogens is 2. The summed E-state index contributed by atoms with van der Waals surface area (Å²) in [5, 5.41) is 10.2. The van der Waals surface area contributed by atoms with E-state index < -0.39 is 11.4 Å². The molecule has 0 atom stereocenters. The number of fused-ring (bicyclic) bond motifs is 1. The Morgan fingerprint density at radius 1 is 1.37 bits per heavy atom. The van der Waals surface area contributed by atoms with Crippen molar-refractivity contribution in [1.29, 1.82) is 0 Å². The smallest absolute Gasteiger partial charge is 0.151 e. The van der Waals surface area contributed by atoms with E-state index in [2.05, 4.69) is 4.98 Å². The molecule has 0 radical (unpaired) electrons. The summed E-state index contributed by atoms with van der Waals surface area (Å²) in [6, 6.07) is 2.93. The average Bonchev–Trinajstić information content (AvgIpc) is 2.70. The molecule has 0 saturated heterocycles. The third kappa shape index (κ3) is 2.18. The van der Waals surface area contributed by atoms with Crippen LogP contribution in [0.5, 0.6) is 5.75 Å². The summed E-state index contributed by atoms with van der Waals surface area (Å²) < 4.78 is 21.0. The van der Waals surface area contributed by atoms with Crippen LogP contribution < -0.4 is 4.74 Å². The van der Waals surface area contributed by atoms with Gasteiger partial charge in [-0.3, -0.25) is 0 Å². The fourth-order valence-corrected chi connectivity index (χ4v) is 2.24. The number of methoxy groups -OCH3 is 1. The zero-order valence-corrected chi connectivity index (χ0v) is 11.9. The number of aliphatic hydroxyl groups is 1. The molecule has 0 spiro atoms. The van der Waals surface area contributed by atoms with Gasteiger partial charge in [0.15, 0.2) is 5.82 Å². The number of ether oxygens (including phenoxy) is 1. The van der Waals surface area contributed by atoms with Crippen molar-refractivity contribution in [2.45, 2.75) is 39.3 Å². The lowest BCUT2D eigenvalue weighted by Gasteiger charge is -2.21. The fraction of sp³-hybridized carbons (Fsp3) is 0.500. The highest BCUT2D eigenvalue weighted by Gasteiger charge is 2.28. The third-order valence-corrected chi connectivity index (χ3v) is 3.04. The van der Waals surface area contributed by atoms with Gasteiger partial charge in [-0.15, -0.1) is 0 Å². The van der Waals surface area contributed by atoms with E-state index in [-0.39, 0.29) is 11.6 Å². The van der Waals surface area contributed by atoms with E-state index in [9.17, 15) is 9.50 Å². The van der Waals surface area contributed by atoms with Crippen molar-refractivity contribution in [3.8, 4) is 5.75 Å². The molecule has 1 aromatic carbocycles. The van der Waals surface area contributed by atoms with Crippen LogP contribution in [0.25, 0.3) is 11.0 Å². The van der Waals surface area contributed by atoms with Crippen molar-refractivity contribution in [3.05, 3.63) is 23.8 Å². The monoisotopic (exact) mass is 266 g/mol. The predicted octanol–water partition coefficient (Wildman–Crippen LogP) is 2.99. The fourth-order valence-electron chi connectivity index (χ4n) is 2.24. The lowest BCUT2D eigenvalue weighted by atomic mass is 10.1. The largest absolute Gasteiger partial charge is 0.494 e. The Balaban J connectivity index is 2.93. The lowest BCUT2D eigenvalue weighted by Crippen LogP contribution is -2.23. The minimum atomic E-state index is -1.15. The van der Waals surface area contributed by atoms with Crippen LogP contribution in [0.2, 0.25) is 0 Å². The van der Waals surface area contributed by atoms with E-state index in [4.69, 9.17) is 4.74 Å². The Morgan fingerprint density at radius 3 is 2.47 bits per heavy atom. The highest BCUT2D eigenvalue weighted by Crippen LogP contribution is 2.34. The Kier molecular flexibility index (Phi) is 3.26. The van der Waals surface area contributed by atoms with Crippen molar-refractivity contribution in [1.82, 2.24) is 9.55 Å². The summed E-state index contributed by atoms with van der Waals surface area (Å²) in [7, 11) is 1.54. The SMILES string of the molecule is COc1ccc(F)c2nc(C(C)(C)O)n(C(C)C)c12. The van der Waals surface area contributed by atoms with Crippen molar-refractivity contribution < 1.29 is 14.2 Å². The number of hydrogen-bond donors (Lipinski definition) is 1. The molecular formula is C14H19FN2O2. The summed E-state index contributed by atoms with van der Waals surface area (Å²) >= 11 is 0. The van der Waals surface area contributed by atoms with Crippen molar-refractivity contribution in [3.63, 3.8) is 0 Å². The van der Waals surface area contributed by atoms with E-state index in [0.717, 1.165) is 0 Å². The molecule has 0 fully saturated rings. The van der Waals surface area contributed by atoms with Crippen LogP contribution in [0.4, 0.5) is 4.39 Å². The predicted molar refractivity (Wildman–Crippen MR) is 71.9 cm³/mol. The number of rotatable bonds is 3. The van der Waals surface area contributed by atoms with Gasteiger partial charge in [-0.1, -0.05) is 0 Å². The van der Waals surface area contributed by atoms with Crippen LogP contribution in [-0.4, -0.2) is 21.8 Å². The molecule has 4 nitrogen and oxygen atoms in total. The van der Waals surface area contributed by atoms with Crippen molar-refractivity contribution in [2.24, 2.45) is 0 Å². The lowest BCUT2D eigenvalue weighted by molar-refractivity contribution is 0.0641. The van der Waals surface area contributed by atoms with E-state index in [0.29, 0.717) is 17.1 Å². The molecule has 0 saturated carbocycles. The zero-order chi connectivity index (χ0) is 14.4. The van der Waals surface area contributed by atoms with Gasteiger partial charge in [0.2, 0.25) is 0 Å². The summed E-state index contributed by atoms with van der Waals surface area (Å²) in [5.74, 6) is 0.565. The van der Waals surface area contributed by atoms with E-state index in [1.807, 2.05) is 18.4 Å². The van der Waals surface area contributed by atoms with E-state index >= 15 is 0 Å². The van der Waals surface area contributed by atoms with Crippen LogP contribution >= 0.6 is 0 Å². The second kappa shape index (κ2) is 4.49. The van der Waals surface area contributed by atoms with Crippen LogP contribution in [0.15, 0.2) is 12.1 Å². The van der Waals surface area contributed by atoms with Crippen LogP contribution in [0.3, 0.4) is 0 Å². The first kappa shape index (κ1) is 13.8. The van der Waals surface area contributed by atoms with Gasteiger partial charge < -0.3 is 14.4 Å². The minimum Gasteiger partial charge on any atom is -0.494 e. The maximum Gasteiger partial charge on any atom is 0.151 e. The topological polar surface area (TPSA) is 47.3 Å². The summed E-state index contributed by atoms with van der Waals surface area (Å²) in [4.78, 5) is 4.27. The minimum absolute atomic E-state index is 0.0297. The number of halogens is 1. The number of imidazole rings is 1. The zero-order valence-electron chi connectivity index (χ0n) is 11.9. The summed E-state index contributed by atoms with van der Waals surface area (Å²) in [6.45, 7) is 7.19. The molecule has 0 amide bonds. The van der Waals surface area contributed by atoms with Gasteiger partial charge in [-0.05, 0) is 39.8 Å². The van der Waals surface area contributed by atoms with Gasteiger partial charge in [0.05, 0.1) is 7.11 Å². The van der Waals surface area contributed by atoms with Gasteiger partial charge in [-0.25, -0.2) is 9.37 Å². The van der Waals surface area contributed by atoms with Gasteiger partial charge >= 0.3 is 0 Å². The first-order valence-electron chi connectivity index (χ1n) is 6.24. The Hall–Kier alpha value is -1.62. The molecule has 2 rings (SSSR count). The van der Waals surface area contributed by atoms with Gasteiger partial charge in [0.25, 0.3) is 0 Å². The normalized spacial score (nSPS) is 12.4. The van der Waals surface area contributed by atoms with E-state index in [1.54, 1.807) is 19.9 Å². The first-order valence-corrected chi connectivity index (χ1v) is 6.24. The van der Waals surface area contributed by atoms with Gasteiger partial charge in [0.1, 0.15) is 28.2 Å². The Bertz CT molecular complexity index is 612. The average molecular weight is 266 g/mol. The Labute approximate surface area is 111 Å². The molecule has 5 heteroatoms. The first-order chi connectivity index (χ1) is 8.77. The Morgan fingerprint density at radius 2 is 2.00 bits per heavy atom. The van der Waals surface area contributed by atoms with Crippen molar-refractivity contribution in [2.75, 3.05) is 7.11 Å². The molecule has 1 aromatic heterocycles. The third-order valence-electron chi connectivity index (χ3n) is 3.04. The molecule has 104 valence electrons. The number of nitrogens with zero attached hydrogens (tertiary/aromatic N) is 2.